The first kappa shape index (κ1) is 23.4. The lowest BCUT2D eigenvalue weighted by atomic mass is 10.2. The molecule has 2 amide bonds. The summed E-state index contributed by atoms with van der Waals surface area (Å²) in [5.74, 6) is 0.747. The van der Waals surface area contributed by atoms with Gasteiger partial charge in [0.15, 0.2) is 5.65 Å². The molecule has 0 aliphatic rings. The first-order valence-electron chi connectivity index (χ1n) is 10.5. The van der Waals surface area contributed by atoms with E-state index in [2.05, 4.69) is 15.7 Å². The fourth-order valence-electron chi connectivity index (χ4n) is 3.37. The van der Waals surface area contributed by atoms with Gasteiger partial charge in [-0.2, -0.15) is 0 Å². The van der Waals surface area contributed by atoms with Crippen LogP contribution < -0.4 is 30.5 Å². The van der Waals surface area contributed by atoms with Gasteiger partial charge in [-0.1, -0.05) is 0 Å². The minimum absolute atomic E-state index is 0.250. The van der Waals surface area contributed by atoms with Gasteiger partial charge >= 0.3 is 5.69 Å². The highest BCUT2D eigenvalue weighted by Crippen LogP contribution is 2.28. The maximum Gasteiger partial charge on any atom is 0.350 e. The summed E-state index contributed by atoms with van der Waals surface area (Å²) in [4.78, 5) is 38.1. The molecule has 0 saturated heterocycles. The number of pyridine rings is 1. The molecule has 0 spiro atoms. The van der Waals surface area contributed by atoms with Gasteiger partial charge in [-0.3, -0.25) is 9.59 Å². The van der Waals surface area contributed by atoms with E-state index in [9.17, 15) is 14.4 Å². The predicted octanol–water partition coefficient (Wildman–Crippen LogP) is 2.41. The quantitative estimate of drug-likeness (QED) is 0.399. The zero-order chi connectivity index (χ0) is 24.9. The summed E-state index contributed by atoms with van der Waals surface area (Å²) in [5.41, 5.74) is 0.949. The van der Waals surface area contributed by atoms with Gasteiger partial charge < -0.3 is 24.8 Å². The molecule has 2 aromatic carbocycles. The highest BCUT2D eigenvalue weighted by Gasteiger charge is 2.15. The number of hydrogen-bond donors (Lipinski definition) is 2. The lowest BCUT2D eigenvalue weighted by Gasteiger charge is -2.11. The van der Waals surface area contributed by atoms with Crippen LogP contribution in [-0.2, 0) is 11.3 Å². The number of methoxy groups -OCH3 is 3. The van der Waals surface area contributed by atoms with Crippen molar-refractivity contribution in [2.75, 3.05) is 32.0 Å². The van der Waals surface area contributed by atoms with Crippen LogP contribution in [0.15, 0.2) is 65.6 Å². The van der Waals surface area contributed by atoms with Gasteiger partial charge in [0.05, 0.1) is 32.6 Å². The molecule has 0 aliphatic carbocycles. The van der Waals surface area contributed by atoms with Crippen molar-refractivity contribution in [1.82, 2.24) is 14.2 Å². The topological polar surface area (TPSA) is 125 Å². The third kappa shape index (κ3) is 5.08. The van der Waals surface area contributed by atoms with Crippen LogP contribution in [0.1, 0.15) is 10.4 Å². The van der Waals surface area contributed by atoms with Crippen molar-refractivity contribution < 1.29 is 23.8 Å². The molecule has 0 bridgehead atoms. The smallest absolute Gasteiger partial charge is 0.350 e. The molecule has 2 N–H and O–H groups in total. The number of fused-ring (bicyclic) bond motifs is 1. The molecule has 0 aliphatic heterocycles. The molecule has 11 nitrogen and oxygen atoms in total. The van der Waals surface area contributed by atoms with Gasteiger partial charge in [0.1, 0.15) is 23.8 Å². The van der Waals surface area contributed by atoms with Crippen LogP contribution >= 0.6 is 0 Å². The van der Waals surface area contributed by atoms with Gasteiger partial charge in [-0.05, 0) is 48.5 Å². The molecule has 0 saturated carbocycles. The lowest BCUT2D eigenvalue weighted by molar-refractivity contribution is -0.117. The zero-order valence-corrected chi connectivity index (χ0v) is 19.3. The molecule has 0 unspecified atom stereocenters. The Balaban J connectivity index is 1.51. The number of anilines is 2. The van der Waals surface area contributed by atoms with E-state index in [1.807, 2.05) is 0 Å². The van der Waals surface area contributed by atoms with E-state index in [0.29, 0.717) is 34.3 Å². The summed E-state index contributed by atoms with van der Waals surface area (Å²) in [7, 11) is 4.54. The van der Waals surface area contributed by atoms with E-state index in [1.165, 1.54) is 30.9 Å². The standard InChI is InChI=1S/C24H23N5O6/c1-33-17-7-5-16(6-8-17)25-23(31)15-4-11-21-27-29(24(32)28(21)13-15)14-22(30)26-19-12-18(34-2)9-10-20(19)35-3/h4-13H,14H2,1-3H3,(H,25,31)(H,26,30). The summed E-state index contributed by atoms with van der Waals surface area (Å²) in [6.07, 6.45) is 1.38. The Labute approximate surface area is 199 Å². The Morgan fingerprint density at radius 3 is 2.29 bits per heavy atom. The van der Waals surface area contributed by atoms with E-state index >= 15 is 0 Å². The third-order valence-corrected chi connectivity index (χ3v) is 5.16. The van der Waals surface area contributed by atoms with Crippen LogP contribution in [0.5, 0.6) is 17.2 Å². The minimum atomic E-state index is -0.563. The molecule has 0 radical (unpaired) electrons. The zero-order valence-electron chi connectivity index (χ0n) is 19.3. The second-order valence-corrected chi connectivity index (χ2v) is 7.38. The van der Waals surface area contributed by atoms with Crippen molar-refractivity contribution in [2.24, 2.45) is 0 Å². The lowest BCUT2D eigenvalue weighted by Crippen LogP contribution is -2.28. The number of carbonyl (C=O) groups is 2. The Bertz CT molecular complexity index is 1440. The van der Waals surface area contributed by atoms with Crippen molar-refractivity contribution in [3.63, 3.8) is 0 Å². The van der Waals surface area contributed by atoms with Crippen LogP contribution in [-0.4, -0.2) is 47.3 Å². The highest BCUT2D eigenvalue weighted by molar-refractivity contribution is 6.04. The average Bonchev–Trinajstić information content (AvgIpc) is 3.18. The normalized spacial score (nSPS) is 10.6. The van der Waals surface area contributed by atoms with Crippen molar-refractivity contribution in [3.05, 3.63) is 76.8 Å². The van der Waals surface area contributed by atoms with Gasteiger partial charge in [-0.15, -0.1) is 5.10 Å². The Kier molecular flexibility index (Phi) is 6.67. The monoisotopic (exact) mass is 477 g/mol. The summed E-state index contributed by atoms with van der Waals surface area (Å²) in [5, 5.41) is 9.63. The molecule has 11 heteroatoms. The van der Waals surface area contributed by atoms with Crippen molar-refractivity contribution in [3.8, 4) is 17.2 Å². The summed E-state index contributed by atoms with van der Waals surface area (Å²) >= 11 is 0. The second-order valence-electron chi connectivity index (χ2n) is 7.38. The summed E-state index contributed by atoms with van der Waals surface area (Å²) < 4.78 is 17.8. The number of benzene rings is 2. The van der Waals surface area contributed by atoms with E-state index in [0.717, 1.165) is 4.68 Å². The van der Waals surface area contributed by atoms with Gasteiger partial charge in [0.2, 0.25) is 5.91 Å². The minimum Gasteiger partial charge on any atom is -0.497 e. The molecule has 4 aromatic rings. The Hall–Kier alpha value is -4.80. The molecule has 2 aromatic heterocycles. The maximum absolute atomic E-state index is 12.8. The molecule has 0 fully saturated rings. The number of carbonyl (C=O) groups excluding carboxylic acids is 2. The number of nitrogens with one attached hydrogen (secondary N) is 2. The molecule has 180 valence electrons. The highest BCUT2D eigenvalue weighted by atomic mass is 16.5. The van der Waals surface area contributed by atoms with Crippen LogP contribution in [0.2, 0.25) is 0 Å². The summed E-state index contributed by atoms with van der Waals surface area (Å²) in [6, 6.07) is 14.9. The van der Waals surface area contributed by atoms with E-state index in [-0.39, 0.29) is 12.1 Å². The predicted molar refractivity (Wildman–Crippen MR) is 129 cm³/mol. The molecule has 4 rings (SSSR count). The Morgan fingerprint density at radius 1 is 0.886 bits per heavy atom. The SMILES string of the molecule is COc1ccc(NC(=O)c2ccc3nn(CC(=O)Nc4cc(OC)ccc4OC)c(=O)n3c2)cc1. The maximum atomic E-state index is 12.8. The Morgan fingerprint density at radius 2 is 1.60 bits per heavy atom. The molecular formula is C24H23N5O6. The largest absolute Gasteiger partial charge is 0.497 e. The van der Waals surface area contributed by atoms with Gasteiger partial charge in [0.25, 0.3) is 5.91 Å². The van der Waals surface area contributed by atoms with Crippen LogP contribution in [0, 0.1) is 0 Å². The van der Waals surface area contributed by atoms with Crippen LogP contribution in [0.4, 0.5) is 11.4 Å². The van der Waals surface area contributed by atoms with Gasteiger partial charge in [0, 0.05) is 18.0 Å². The van der Waals surface area contributed by atoms with E-state index < -0.39 is 17.5 Å². The number of ether oxygens (including phenoxy) is 3. The average molecular weight is 477 g/mol. The first-order chi connectivity index (χ1) is 16.9. The molecular weight excluding hydrogens is 454 g/mol. The number of hydrogen-bond acceptors (Lipinski definition) is 7. The number of amides is 2. The fraction of sp³-hybridized carbons (Fsp3) is 0.167. The van der Waals surface area contributed by atoms with Crippen LogP contribution in [0.3, 0.4) is 0 Å². The van der Waals surface area contributed by atoms with E-state index in [1.54, 1.807) is 55.6 Å². The summed E-state index contributed by atoms with van der Waals surface area (Å²) in [6.45, 7) is -0.339. The molecule has 35 heavy (non-hydrogen) atoms. The number of rotatable bonds is 8. The molecule has 2 heterocycles. The number of nitrogens with zero attached hydrogens (tertiary/aromatic N) is 3. The van der Waals surface area contributed by atoms with Crippen molar-refractivity contribution in [2.45, 2.75) is 6.54 Å². The fourth-order valence-corrected chi connectivity index (χ4v) is 3.37. The van der Waals surface area contributed by atoms with Crippen molar-refractivity contribution >= 4 is 28.8 Å². The first-order valence-corrected chi connectivity index (χ1v) is 10.5. The van der Waals surface area contributed by atoms with Crippen molar-refractivity contribution in [1.29, 1.82) is 0 Å². The van der Waals surface area contributed by atoms with Crippen LogP contribution in [0.25, 0.3) is 5.65 Å². The van der Waals surface area contributed by atoms with Gasteiger partial charge in [-0.25, -0.2) is 13.9 Å². The third-order valence-electron chi connectivity index (χ3n) is 5.16. The van der Waals surface area contributed by atoms with E-state index in [4.69, 9.17) is 14.2 Å². The number of aromatic nitrogens is 3. The molecule has 0 atom stereocenters. The second kappa shape index (κ2) is 10.00.